The Bertz CT molecular complexity index is 393. The Morgan fingerprint density at radius 2 is 2.44 bits per heavy atom. The Hall–Kier alpha value is -0.970. The van der Waals surface area contributed by atoms with Gasteiger partial charge >= 0.3 is 0 Å². The number of aromatic amines is 1. The van der Waals surface area contributed by atoms with Gasteiger partial charge in [-0.15, -0.1) is 0 Å². The van der Waals surface area contributed by atoms with Crippen LogP contribution in [0, 0.1) is 0 Å². The second-order valence-corrected chi connectivity index (χ2v) is 5.30. The fraction of sp³-hybridized carbons (Fsp3) is 0.636. The molecule has 0 radical (unpaired) electrons. The zero-order valence-corrected chi connectivity index (χ0v) is 10.2. The number of H-pyrrole nitrogens is 1. The van der Waals surface area contributed by atoms with Crippen molar-refractivity contribution in [2.24, 2.45) is 0 Å². The Morgan fingerprint density at radius 1 is 1.56 bits per heavy atom. The molecule has 0 aromatic carbocycles. The van der Waals surface area contributed by atoms with E-state index in [2.05, 4.69) is 21.5 Å². The predicted octanol–water partition coefficient (Wildman–Crippen LogP) is 1.86. The lowest BCUT2D eigenvalue weighted by atomic mass is 9.95. The number of nitrogens with zero attached hydrogens (tertiary/aromatic N) is 1. The Labute approximate surface area is 99.3 Å². The molecule has 0 saturated heterocycles. The van der Waals surface area contributed by atoms with E-state index in [1.807, 2.05) is 11.8 Å². The molecule has 1 saturated carbocycles. The first-order valence-corrected chi connectivity index (χ1v) is 6.91. The second-order valence-electron chi connectivity index (χ2n) is 4.16. The minimum absolute atomic E-state index is 0.102. The van der Waals surface area contributed by atoms with Gasteiger partial charge in [-0.25, -0.2) is 4.98 Å². The molecule has 2 N–H and O–H groups in total. The van der Waals surface area contributed by atoms with Crippen molar-refractivity contribution < 1.29 is 0 Å². The molecule has 2 rings (SSSR count). The van der Waals surface area contributed by atoms with E-state index in [-0.39, 0.29) is 5.56 Å². The van der Waals surface area contributed by atoms with Gasteiger partial charge in [-0.3, -0.25) is 4.79 Å². The van der Waals surface area contributed by atoms with Crippen molar-refractivity contribution in [3.8, 4) is 0 Å². The minimum Gasteiger partial charge on any atom is -0.367 e. The molecule has 0 amide bonds. The van der Waals surface area contributed by atoms with Crippen LogP contribution in [0.4, 0.5) is 5.82 Å². The molecule has 1 aliphatic carbocycles. The van der Waals surface area contributed by atoms with Crippen molar-refractivity contribution >= 4 is 17.6 Å². The summed E-state index contributed by atoms with van der Waals surface area (Å²) in [5.41, 5.74) is -0.102. The summed E-state index contributed by atoms with van der Waals surface area (Å²) >= 11 is 1.93. The molecule has 1 aromatic rings. The minimum atomic E-state index is -0.102. The van der Waals surface area contributed by atoms with Crippen LogP contribution in [0.2, 0.25) is 0 Å². The highest BCUT2D eigenvalue weighted by Gasteiger charge is 2.21. The van der Waals surface area contributed by atoms with Crippen LogP contribution in [0.5, 0.6) is 0 Å². The molecular weight excluding hydrogens is 222 g/mol. The van der Waals surface area contributed by atoms with E-state index in [0.29, 0.717) is 11.9 Å². The van der Waals surface area contributed by atoms with Crippen molar-refractivity contribution in [1.82, 2.24) is 9.97 Å². The summed E-state index contributed by atoms with van der Waals surface area (Å²) in [4.78, 5) is 17.7. The normalized spacial score (nSPS) is 25.3. The van der Waals surface area contributed by atoms with Gasteiger partial charge in [-0.2, -0.15) is 11.8 Å². The van der Waals surface area contributed by atoms with Gasteiger partial charge in [0.15, 0.2) is 0 Å². The molecule has 2 atom stereocenters. The molecule has 0 aliphatic heterocycles. The summed E-state index contributed by atoms with van der Waals surface area (Å²) in [5.74, 6) is 0.690. The standard InChI is InChI=1S/C11H17N3OS/c1-16-9-4-2-3-8(5-9)14-10-6-11(15)13-7-12-10/h6-9H,2-5H2,1H3,(H2,12,13,14,15). The van der Waals surface area contributed by atoms with Gasteiger partial charge in [0.05, 0.1) is 6.33 Å². The van der Waals surface area contributed by atoms with Crippen molar-refractivity contribution in [2.45, 2.75) is 37.0 Å². The van der Waals surface area contributed by atoms with Crippen LogP contribution >= 0.6 is 11.8 Å². The van der Waals surface area contributed by atoms with E-state index in [0.717, 1.165) is 11.7 Å². The van der Waals surface area contributed by atoms with Crippen LogP contribution < -0.4 is 10.9 Å². The molecule has 1 aliphatic rings. The third-order valence-corrected chi connectivity index (χ3v) is 4.08. The van der Waals surface area contributed by atoms with Crippen molar-refractivity contribution in [1.29, 1.82) is 0 Å². The van der Waals surface area contributed by atoms with Crippen LogP contribution in [0.3, 0.4) is 0 Å². The molecule has 2 unspecified atom stereocenters. The molecular formula is C11H17N3OS. The van der Waals surface area contributed by atoms with Crippen LogP contribution in [-0.4, -0.2) is 27.5 Å². The Kier molecular flexibility index (Phi) is 3.88. The molecule has 0 bridgehead atoms. The highest BCUT2D eigenvalue weighted by molar-refractivity contribution is 7.99. The highest BCUT2D eigenvalue weighted by atomic mass is 32.2. The average molecular weight is 239 g/mol. The third-order valence-electron chi connectivity index (χ3n) is 2.99. The van der Waals surface area contributed by atoms with E-state index in [9.17, 15) is 4.79 Å². The maximum absolute atomic E-state index is 11.1. The van der Waals surface area contributed by atoms with Crippen molar-refractivity contribution in [2.75, 3.05) is 11.6 Å². The van der Waals surface area contributed by atoms with Gasteiger partial charge in [0, 0.05) is 17.4 Å². The maximum atomic E-state index is 11.1. The Balaban J connectivity index is 1.96. The van der Waals surface area contributed by atoms with Crippen LogP contribution in [0.15, 0.2) is 17.2 Å². The van der Waals surface area contributed by atoms with Gasteiger partial charge in [0.1, 0.15) is 5.82 Å². The molecule has 1 fully saturated rings. The maximum Gasteiger partial charge on any atom is 0.252 e. The zero-order valence-electron chi connectivity index (χ0n) is 9.40. The summed E-state index contributed by atoms with van der Waals surface area (Å²) < 4.78 is 0. The van der Waals surface area contributed by atoms with E-state index >= 15 is 0 Å². The lowest BCUT2D eigenvalue weighted by molar-refractivity contribution is 0.472. The van der Waals surface area contributed by atoms with Crippen LogP contribution in [-0.2, 0) is 0 Å². The first kappa shape index (κ1) is 11.5. The lowest BCUT2D eigenvalue weighted by Crippen LogP contribution is -2.29. The number of hydrogen-bond acceptors (Lipinski definition) is 4. The van der Waals surface area contributed by atoms with E-state index in [1.54, 1.807) is 0 Å². The van der Waals surface area contributed by atoms with Gasteiger partial charge in [-0.1, -0.05) is 6.42 Å². The first-order valence-electron chi connectivity index (χ1n) is 5.62. The molecule has 1 heterocycles. The quantitative estimate of drug-likeness (QED) is 0.845. The van der Waals surface area contributed by atoms with E-state index in [1.165, 1.54) is 31.7 Å². The molecule has 0 spiro atoms. The van der Waals surface area contributed by atoms with Crippen LogP contribution in [0.25, 0.3) is 0 Å². The number of anilines is 1. The summed E-state index contributed by atoms with van der Waals surface area (Å²) in [5, 5.41) is 4.09. The van der Waals surface area contributed by atoms with Crippen molar-refractivity contribution in [3.05, 3.63) is 22.7 Å². The van der Waals surface area contributed by atoms with Gasteiger partial charge in [-0.05, 0) is 25.5 Å². The van der Waals surface area contributed by atoms with Crippen LogP contribution in [0.1, 0.15) is 25.7 Å². The average Bonchev–Trinajstić information content (AvgIpc) is 2.29. The smallest absolute Gasteiger partial charge is 0.252 e. The van der Waals surface area contributed by atoms with Gasteiger partial charge < -0.3 is 10.3 Å². The summed E-state index contributed by atoms with van der Waals surface area (Å²) in [6.45, 7) is 0. The SMILES string of the molecule is CSC1CCCC(Nc2cc(=O)[nH]cn2)C1. The Morgan fingerprint density at radius 3 is 3.19 bits per heavy atom. The summed E-state index contributed by atoms with van der Waals surface area (Å²) in [6, 6.07) is 1.98. The monoisotopic (exact) mass is 239 g/mol. The molecule has 1 aromatic heterocycles. The van der Waals surface area contributed by atoms with E-state index in [4.69, 9.17) is 0 Å². The van der Waals surface area contributed by atoms with Gasteiger partial charge in [0.25, 0.3) is 5.56 Å². The molecule has 5 heteroatoms. The van der Waals surface area contributed by atoms with Crippen molar-refractivity contribution in [3.63, 3.8) is 0 Å². The topological polar surface area (TPSA) is 57.8 Å². The summed E-state index contributed by atoms with van der Waals surface area (Å²) in [6.07, 6.45) is 8.51. The first-order chi connectivity index (χ1) is 7.78. The number of thioether (sulfide) groups is 1. The third kappa shape index (κ3) is 3.01. The highest BCUT2D eigenvalue weighted by Crippen LogP contribution is 2.28. The lowest BCUT2D eigenvalue weighted by Gasteiger charge is -2.28. The van der Waals surface area contributed by atoms with E-state index < -0.39 is 0 Å². The number of aromatic nitrogens is 2. The second kappa shape index (κ2) is 5.39. The van der Waals surface area contributed by atoms with Gasteiger partial charge in [0.2, 0.25) is 0 Å². The largest absolute Gasteiger partial charge is 0.367 e. The molecule has 16 heavy (non-hydrogen) atoms. The molecule has 4 nitrogen and oxygen atoms in total. The zero-order chi connectivity index (χ0) is 11.4. The fourth-order valence-corrected chi connectivity index (χ4v) is 2.97. The fourth-order valence-electron chi connectivity index (χ4n) is 2.15. The number of nitrogens with one attached hydrogen (secondary N) is 2. The number of rotatable bonds is 3. The number of hydrogen-bond donors (Lipinski definition) is 2. The molecule has 88 valence electrons. The predicted molar refractivity (Wildman–Crippen MR) is 68.0 cm³/mol. The summed E-state index contributed by atoms with van der Waals surface area (Å²) in [7, 11) is 0.